The molecule has 3 N–H and O–H groups in total. The van der Waals surface area contributed by atoms with Gasteiger partial charge in [-0.1, -0.05) is 66.7 Å². The van der Waals surface area contributed by atoms with Gasteiger partial charge in [-0.2, -0.15) is 8.42 Å². The zero-order valence-electron chi connectivity index (χ0n) is 18.8. The first-order valence-electron chi connectivity index (χ1n) is 11.6. The van der Waals surface area contributed by atoms with Crippen molar-refractivity contribution in [3.8, 4) is 0 Å². The van der Waals surface area contributed by atoms with Crippen molar-refractivity contribution in [3.05, 3.63) is 84.1 Å². The number of piperidine rings is 1. The molecule has 0 radical (unpaired) electrons. The predicted molar refractivity (Wildman–Crippen MR) is 131 cm³/mol. The van der Waals surface area contributed by atoms with Crippen molar-refractivity contribution >= 4 is 16.6 Å². The van der Waals surface area contributed by atoms with Crippen molar-refractivity contribution in [2.75, 3.05) is 26.3 Å². The van der Waals surface area contributed by atoms with Gasteiger partial charge in [0.15, 0.2) is 0 Å². The molecular formula is C25H30N4O4S. The number of aliphatic imine (C=N–C) groups is 1. The summed E-state index contributed by atoms with van der Waals surface area (Å²) in [6, 6.07) is 22.5. The molecule has 6 unspecified atom stereocenters. The van der Waals surface area contributed by atoms with Gasteiger partial charge >= 0.3 is 10.4 Å². The lowest BCUT2D eigenvalue weighted by atomic mass is 9.71. The Labute approximate surface area is 200 Å². The van der Waals surface area contributed by atoms with Gasteiger partial charge in [-0.05, 0) is 23.2 Å². The second kappa shape index (κ2) is 9.59. The highest BCUT2D eigenvalue weighted by Crippen LogP contribution is 2.49. The third-order valence-corrected chi connectivity index (χ3v) is 7.34. The van der Waals surface area contributed by atoms with E-state index < -0.39 is 10.4 Å². The van der Waals surface area contributed by atoms with Crippen LogP contribution in [-0.2, 0) is 10.4 Å². The van der Waals surface area contributed by atoms with Gasteiger partial charge in [-0.3, -0.25) is 19.0 Å². The average Bonchev–Trinajstić information content (AvgIpc) is 3.02. The molecule has 34 heavy (non-hydrogen) atoms. The maximum absolute atomic E-state index is 8.74. The van der Waals surface area contributed by atoms with Gasteiger partial charge in [0.2, 0.25) is 0 Å². The molecule has 4 aliphatic heterocycles. The Morgan fingerprint density at radius 1 is 0.912 bits per heavy atom. The Morgan fingerprint density at radius 2 is 1.53 bits per heavy atom. The van der Waals surface area contributed by atoms with E-state index in [4.69, 9.17) is 22.5 Å². The topological polar surface area (TPSA) is 105 Å². The number of nitrogens with zero attached hydrogens (tertiary/aromatic N) is 3. The number of nitrogens with one attached hydrogen (secondary N) is 1. The zero-order chi connectivity index (χ0) is 23.7. The van der Waals surface area contributed by atoms with E-state index in [0.29, 0.717) is 35.9 Å². The largest absolute Gasteiger partial charge is 0.394 e. The van der Waals surface area contributed by atoms with Crippen molar-refractivity contribution in [1.82, 2.24) is 15.1 Å². The summed E-state index contributed by atoms with van der Waals surface area (Å²) in [4.78, 5) is 10.2. The van der Waals surface area contributed by atoms with Crippen LogP contribution in [0.15, 0.2) is 77.9 Å². The van der Waals surface area contributed by atoms with Crippen LogP contribution in [0, 0.1) is 17.8 Å². The summed E-state index contributed by atoms with van der Waals surface area (Å²) in [6.07, 6.45) is 7.53. The van der Waals surface area contributed by atoms with Crippen LogP contribution in [0.5, 0.6) is 0 Å². The van der Waals surface area contributed by atoms with E-state index in [1.807, 2.05) is 0 Å². The van der Waals surface area contributed by atoms with E-state index >= 15 is 0 Å². The lowest BCUT2D eigenvalue weighted by Gasteiger charge is -2.58. The Hall–Kier alpha value is -2.56. The highest BCUT2D eigenvalue weighted by molar-refractivity contribution is 7.79. The van der Waals surface area contributed by atoms with Crippen LogP contribution < -0.4 is 5.32 Å². The second-order valence-electron chi connectivity index (χ2n) is 9.33. The van der Waals surface area contributed by atoms with Crippen LogP contribution in [0.1, 0.15) is 23.1 Å². The van der Waals surface area contributed by atoms with Gasteiger partial charge in [0, 0.05) is 43.6 Å². The number of benzene rings is 2. The SMILES string of the molecule is C1=CN2C(c3ccccc3)C(c3ccccc3)CN3CN=CC4CNCC1C4C32.O=S(=O)(O)O. The molecule has 4 heterocycles. The molecule has 180 valence electrons. The summed E-state index contributed by atoms with van der Waals surface area (Å²) in [5.41, 5.74) is 2.84. The molecule has 2 fully saturated rings. The predicted octanol–water partition coefficient (Wildman–Crippen LogP) is 2.82. The fourth-order valence-corrected chi connectivity index (χ4v) is 6.12. The van der Waals surface area contributed by atoms with E-state index in [1.165, 1.54) is 11.1 Å². The van der Waals surface area contributed by atoms with Crippen molar-refractivity contribution in [1.29, 1.82) is 0 Å². The smallest absolute Gasteiger partial charge is 0.354 e. The molecule has 0 bridgehead atoms. The lowest BCUT2D eigenvalue weighted by Crippen LogP contribution is -2.64. The minimum atomic E-state index is -4.67. The average molecular weight is 483 g/mol. The first-order chi connectivity index (χ1) is 16.4. The molecule has 6 atom stereocenters. The molecule has 8 nitrogen and oxygen atoms in total. The summed E-state index contributed by atoms with van der Waals surface area (Å²) < 4.78 is 31.6. The molecule has 0 aliphatic carbocycles. The van der Waals surface area contributed by atoms with E-state index in [1.54, 1.807) is 0 Å². The van der Waals surface area contributed by atoms with E-state index in [-0.39, 0.29) is 0 Å². The molecule has 6 rings (SSSR count). The third kappa shape index (κ3) is 4.80. The van der Waals surface area contributed by atoms with Gasteiger partial charge in [0.05, 0.1) is 18.9 Å². The fourth-order valence-electron chi connectivity index (χ4n) is 6.12. The summed E-state index contributed by atoms with van der Waals surface area (Å²) >= 11 is 0. The Morgan fingerprint density at radius 3 is 2.21 bits per heavy atom. The Kier molecular flexibility index (Phi) is 6.54. The highest BCUT2D eigenvalue weighted by atomic mass is 32.3. The second-order valence-corrected chi connectivity index (χ2v) is 10.2. The van der Waals surface area contributed by atoms with E-state index in [0.717, 1.165) is 26.3 Å². The van der Waals surface area contributed by atoms with Crippen molar-refractivity contribution in [2.24, 2.45) is 22.7 Å². The molecule has 2 saturated heterocycles. The first-order valence-corrected chi connectivity index (χ1v) is 13.0. The van der Waals surface area contributed by atoms with Crippen LogP contribution in [0.3, 0.4) is 0 Å². The maximum atomic E-state index is 8.74. The molecular weight excluding hydrogens is 452 g/mol. The summed E-state index contributed by atoms with van der Waals surface area (Å²) in [5.74, 6) is 2.13. The third-order valence-electron chi connectivity index (χ3n) is 7.34. The Balaban J connectivity index is 0.000000439. The van der Waals surface area contributed by atoms with Crippen LogP contribution in [0.2, 0.25) is 0 Å². The van der Waals surface area contributed by atoms with Gasteiger partial charge < -0.3 is 10.2 Å². The van der Waals surface area contributed by atoms with E-state index in [9.17, 15) is 0 Å². The van der Waals surface area contributed by atoms with Gasteiger partial charge in [0.1, 0.15) is 0 Å². The summed E-state index contributed by atoms with van der Waals surface area (Å²) in [5, 5.41) is 3.63. The quantitative estimate of drug-likeness (QED) is 0.565. The minimum absolute atomic E-state index is 0.352. The van der Waals surface area contributed by atoms with Gasteiger partial charge in [-0.25, -0.2) is 0 Å². The normalized spacial score (nSPS) is 32.2. The number of rotatable bonds is 2. The molecule has 0 spiro atoms. The molecule has 2 aromatic rings. The molecule has 4 aliphatic rings. The first kappa shape index (κ1) is 23.2. The summed E-state index contributed by atoms with van der Waals surface area (Å²) in [7, 11) is -4.67. The molecule has 0 saturated carbocycles. The number of hydrogen-bond donors (Lipinski definition) is 3. The van der Waals surface area contributed by atoms with Crippen LogP contribution in [-0.4, -0.2) is 66.0 Å². The molecule has 0 amide bonds. The van der Waals surface area contributed by atoms with Crippen LogP contribution >= 0.6 is 0 Å². The highest BCUT2D eigenvalue weighted by Gasteiger charge is 2.51. The van der Waals surface area contributed by atoms with Crippen molar-refractivity contribution in [3.63, 3.8) is 0 Å². The standard InChI is InChI=1S/C25H28N4.H2O4S/c1-3-7-18(8-4-1)22-16-28-17-27-15-21-14-26-13-20-11-12-29(25(28)23(20)21)24(22)19-9-5-2-6-10-19;1-5(2,3)4/h1-12,15,20-26H,13-14,16-17H2;(H2,1,2,3,4). The van der Waals surface area contributed by atoms with Gasteiger partial charge in [-0.15, -0.1) is 0 Å². The zero-order valence-corrected chi connectivity index (χ0v) is 19.6. The molecule has 0 aromatic heterocycles. The maximum Gasteiger partial charge on any atom is 0.394 e. The molecule has 9 heteroatoms. The van der Waals surface area contributed by atoms with Crippen molar-refractivity contribution < 1.29 is 17.5 Å². The van der Waals surface area contributed by atoms with Crippen LogP contribution in [0.25, 0.3) is 0 Å². The van der Waals surface area contributed by atoms with Gasteiger partial charge in [0.25, 0.3) is 0 Å². The summed E-state index contributed by atoms with van der Waals surface area (Å²) in [6.45, 7) is 4.00. The minimum Gasteiger partial charge on any atom is -0.354 e. The Bertz CT molecular complexity index is 1130. The lowest BCUT2D eigenvalue weighted by molar-refractivity contribution is -0.0755. The molecule has 2 aromatic carbocycles. The van der Waals surface area contributed by atoms with Crippen molar-refractivity contribution in [2.45, 2.75) is 18.1 Å². The van der Waals surface area contributed by atoms with Crippen LogP contribution in [0.4, 0.5) is 0 Å². The van der Waals surface area contributed by atoms with E-state index in [2.05, 4.69) is 94.3 Å². The number of hydrogen-bond acceptors (Lipinski definition) is 6. The monoisotopic (exact) mass is 482 g/mol. The fraction of sp³-hybridized carbons (Fsp3) is 0.400.